The lowest BCUT2D eigenvalue weighted by Crippen LogP contribution is -2.31. The maximum absolute atomic E-state index is 12.4. The SMILES string of the molecule is CCCCCCOc1ccc(NC(=O)CNc2cccc(C(=O)NCC3CCCO3)c2)cc1. The molecule has 33 heavy (non-hydrogen) atoms. The lowest BCUT2D eigenvalue weighted by molar-refractivity contribution is -0.114. The molecule has 0 spiro atoms. The van der Waals surface area contributed by atoms with Gasteiger partial charge in [0.15, 0.2) is 0 Å². The summed E-state index contributed by atoms with van der Waals surface area (Å²) in [7, 11) is 0. The molecular formula is C26H35N3O4. The van der Waals surface area contributed by atoms with Gasteiger partial charge in [0, 0.05) is 30.1 Å². The number of benzene rings is 2. The van der Waals surface area contributed by atoms with Crippen LogP contribution in [0.2, 0.25) is 0 Å². The van der Waals surface area contributed by atoms with Crippen LogP contribution in [-0.4, -0.2) is 44.2 Å². The van der Waals surface area contributed by atoms with Crippen molar-refractivity contribution in [2.24, 2.45) is 0 Å². The third kappa shape index (κ3) is 8.77. The summed E-state index contributed by atoms with van der Waals surface area (Å²) in [5.41, 5.74) is 1.97. The highest BCUT2D eigenvalue weighted by Crippen LogP contribution is 2.17. The Kier molecular flexibility index (Phi) is 10.0. The number of anilines is 2. The summed E-state index contributed by atoms with van der Waals surface area (Å²) in [4.78, 5) is 24.7. The lowest BCUT2D eigenvalue weighted by Gasteiger charge is -2.12. The molecule has 2 aromatic carbocycles. The van der Waals surface area contributed by atoms with Gasteiger partial charge in [-0.3, -0.25) is 9.59 Å². The third-order valence-corrected chi connectivity index (χ3v) is 5.50. The molecule has 178 valence electrons. The number of hydrogen-bond donors (Lipinski definition) is 3. The summed E-state index contributed by atoms with van der Waals surface area (Å²) in [6.07, 6.45) is 6.79. The summed E-state index contributed by atoms with van der Waals surface area (Å²) >= 11 is 0. The average Bonchev–Trinajstić information content (AvgIpc) is 3.36. The highest BCUT2D eigenvalue weighted by atomic mass is 16.5. The van der Waals surface area contributed by atoms with Crippen LogP contribution in [0, 0.1) is 0 Å². The predicted molar refractivity (Wildman–Crippen MR) is 131 cm³/mol. The van der Waals surface area contributed by atoms with Crippen LogP contribution in [0.1, 0.15) is 55.8 Å². The summed E-state index contributed by atoms with van der Waals surface area (Å²) < 4.78 is 11.3. The number of hydrogen-bond acceptors (Lipinski definition) is 5. The van der Waals surface area contributed by atoms with Crippen LogP contribution in [-0.2, 0) is 9.53 Å². The van der Waals surface area contributed by atoms with Gasteiger partial charge in [0.25, 0.3) is 5.91 Å². The molecule has 0 radical (unpaired) electrons. The van der Waals surface area contributed by atoms with Crippen LogP contribution < -0.4 is 20.7 Å². The van der Waals surface area contributed by atoms with E-state index in [1.807, 2.05) is 30.3 Å². The summed E-state index contributed by atoms with van der Waals surface area (Å²) in [5, 5.41) is 8.84. The van der Waals surface area contributed by atoms with E-state index in [0.717, 1.165) is 31.6 Å². The molecule has 0 bridgehead atoms. The molecule has 7 nitrogen and oxygen atoms in total. The Morgan fingerprint density at radius 3 is 2.67 bits per heavy atom. The van der Waals surface area contributed by atoms with E-state index in [1.54, 1.807) is 18.2 Å². The molecule has 7 heteroatoms. The van der Waals surface area contributed by atoms with E-state index < -0.39 is 0 Å². The van der Waals surface area contributed by atoms with Gasteiger partial charge in [-0.15, -0.1) is 0 Å². The number of carbonyl (C=O) groups excluding carboxylic acids is 2. The number of ether oxygens (including phenoxy) is 2. The standard InChI is InChI=1S/C26H35N3O4/c1-2-3-4-5-15-32-23-13-11-21(12-14-23)29-25(30)19-27-22-9-6-8-20(17-22)26(31)28-18-24-10-7-16-33-24/h6,8-9,11-14,17,24,27H,2-5,7,10,15-16,18-19H2,1H3,(H,28,31)(H,29,30). The Bertz CT molecular complexity index is 879. The maximum Gasteiger partial charge on any atom is 0.251 e. The smallest absolute Gasteiger partial charge is 0.251 e. The molecule has 3 rings (SSSR count). The Balaban J connectivity index is 1.39. The highest BCUT2D eigenvalue weighted by molar-refractivity contribution is 5.96. The zero-order valence-electron chi connectivity index (χ0n) is 19.4. The van der Waals surface area contributed by atoms with Crippen LogP contribution >= 0.6 is 0 Å². The molecule has 1 atom stereocenters. The largest absolute Gasteiger partial charge is 0.494 e. The van der Waals surface area contributed by atoms with Gasteiger partial charge in [-0.1, -0.05) is 32.3 Å². The molecular weight excluding hydrogens is 418 g/mol. The van der Waals surface area contributed by atoms with E-state index in [9.17, 15) is 9.59 Å². The minimum absolute atomic E-state index is 0.0939. The zero-order valence-corrected chi connectivity index (χ0v) is 19.4. The van der Waals surface area contributed by atoms with Gasteiger partial charge in [-0.05, 0) is 61.7 Å². The van der Waals surface area contributed by atoms with E-state index in [2.05, 4.69) is 22.9 Å². The van der Waals surface area contributed by atoms with Gasteiger partial charge < -0.3 is 25.4 Å². The summed E-state index contributed by atoms with van der Waals surface area (Å²) in [5.74, 6) is 0.486. The molecule has 2 aromatic rings. The fourth-order valence-corrected chi connectivity index (χ4v) is 3.63. The van der Waals surface area contributed by atoms with Crippen molar-refractivity contribution in [2.75, 3.05) is 36.9 Å². The van der Waals surface area contributed by atoms with Gasteiger partial charge in [0.05, 0.1) is 19.3 Å². The summed E-state index contributed by atoms with van der Waals surface area (Å²) in [6, 6.07) is 14.5. The van der Waals surface area contributed by atoms with Crippen LogP contribution in [0.4, 0.5) is 11.4 Å². The first-order valence-corrected chi connectivity index (χ1v) is 11.9. The van der Waals surface area contributed by atoms with Crippen molar-refractivity contribution in [1.29, 1.82) is 0 Å². The zero-order chi connectivity index (χ0) is 23.3. The maximum atomic E-state index is 12.4. The van der Waals surface area contributed by atoms with Crippen molar-refractivity contribution in [2.45, 2.75) is 51.6 Å². The Morgan fingerprint density at radius 1 is 1.06 bits per heavy atom. The van der Waals surface area contributed by atoms with Crippen LogP contribution in [0.5, 0.6) is 5.75 Å². The topological polar surface area (TPSA) is 88.7 Å². The monoisotopic (exact) mass is 453 g/mol. The molecule has 1 aliphatic heterocycles. The van der Waals surface area contributed by atoms with E-state index in [-0.39, 0.29) is 24.5 Å². The molecule has 1 heterocycles. The molecule has 1 unspecified atom stereocenters. The fourth-order valence-electron chi connectivity index (χ4n) is 3.63. The second-order valence-corrected chi connectivity index (χ2v) is 8.26. The van der Waals surface area contributed by atoms with Crippen molar-refractivity contribution >= 4 is 23.2 Å². The van der Waals surface area contributed by atoms with Gasteiger partial charge in [0.2, 0.25) is 5.91 Å². The average molecular weight is 454 g/mol. The predicted octanol–water partition coefficient (Wildman–Crippen LogP) is 4.61. The third-order valence-electron chi connectivity index (χ3n) is 5.50. The number of carbonyl (C=O) groups is 2. The van der Waals surface area contributed by atoms with E-state index in [1.165, 1.54) is 19.3 Å². The lowest BCUT2D eigenvalue weighted by atomic mass is 10.1. The molecule has 0 aliphatic carbocycles. The summed E-state index contributed by atoms with van der Waals surface area (Å²) in [6.45, 7) is 4.27. The molecule has 2 amide bonds. The van der Waals surface area contributed by atoms with Crippen LogP contribution in [0.15, 0.2) is 48.5 Å². The van der Waals surface area contributed by atoms with Gasteiger partial charge >= 0.3 is 0 Å². The van der Waals surface area contributed by atoms with Crippen molar-refractivity contribution in [3.05, 3.63) is 54.1 Å². The van der Waals surface area contributed by atoms with Crippen LogP contribution in [0.25, 0.3) is 0 Å². The van der Waals surface area contributed by atoms with E-state index in [0.29, 0.717) is 30.1 Å². The number of rotatable bonds is 13. The first-order valence-electron chi connectivity index (χ1n) is 11.9. The number of nitrogens with one attached hydrogen (secondary N) is 3. The molecule has 1 fully saturated rings. The second-order valence-electron chi connectivity index (χ2n) is 8.26. The fraction of sp³-hybridized carbons (Fsp3) is 0.462. The minimum atomic E-state index is -0.170. The molecule has 1 aliphatic rings. The normalized spacial score (nSPS) is 15.1. The van der Waals surface area contributed by atoms with Crippen molar-refractivity contribution < 1.29 is 19.1 Å². The molecule has 0 saturated carbocycles. The number of unbranched alkanes of at least 4 members (excludes halogenated alkanes) is 3. The van der Waals surface area contributed by atoms with Gasteiger partial charge in [0.1, 0.15) is 5.75 Å². The van der Waals surface area contributed by atoms with E-state index >= 15 is 0 Å². The van der Waals surface area contributed by atoms with Crippen molar-refractivity contribution in [3.63, 3.8) is 0 Å². The number of amides is 2. The van der Waals surface area contributed by atoms with Gasteiger partial charge in [-0.2, -0.15) is 0 Å². The molecule has 1 saturated heterocycles. The van der Waals surface area contributed by atoms with Crippen molar-refractivity contribution in [3.8, 4) is 5.75 Å². The first kappa shape index (κ1) is 24.6. The molecule has 3 N–H and O–H groups in total. The Morgan fingerprint density at radius 2 is 1.91 bits per heavy atom. The Hall–Kier alpha value is -3.06. The minimum Gasteiger partial charge on any atom is -0.494 e. The highest BCUT2D eigenvalue weighted by Gasteiger charge is 2.16. The van der Waals surface area contributed by atoms with E-state index in [4.69, 9.17) is 9.47 Å². The van der Waals surface area contributed by atoms with Crippen molar-refractivity contribution in [1.82, 2.24) is 5.32 Å². The second kappa shape index (κ2) is 13.5. The molecule has 0 aromatic heterocycles. The van der Waals surface area contributed by atoms with Crippen LogP contribution in [0.3, 0.4) is 0 Å². The quantitative estimate of drug-likeness (QED) is 0.386. The van der Waals surface area contributed by atoms with Gasteiger partial charge in [-0.25, -0.2) is 0 Å². The first-order chi connectivity index (χ1) is 16.1. The Labute approximate surface area is 196 Å².